The van der Waals surface area contributed by atoms with Gasteiger partial charge < -0.3 is 47.9 Å². The number of nitrogens with zero attached hydrogens (tertiary/aromatic N) is 6. The first-order chi connectivity index (χ1) is 31.0. The minimum atomic E-state index is -0.802. The van der Waals surface area contributed by atoms with Gasteiger partial charge in [-0.05, 0) is 48.5 Å². The minimum absolute atomic E-state index is 0.0946. The van der Waals surface area contributed by atoms with Gasteiger partial charge in [0.25, 0.3) is 0 Å². The molecule has 8 bridgehead atoms. The lowest BCUT2D eigenvalue weighted by Crippen LogP contribution is -2.11. The second kappa shape index (κ2) is 15.7. The van der Waals surface area contributed by atoms with Gasteiger partial charge in [-0.3, -0.25) is 0 Å². The third-order valence-electron chi connectivity index (χ3n) is 10.7. The van der Waals surface area contributed by atoms with Crippen LogP contribution in [0.5, 0.6) is 23.0 Å². The molecule has 20 nitrogen and oxygen atoms in total. The van der Waals surface area contributed by atoms with E-state index < -0.39 is 23.9 Å². The van der Waals surface area contributed by atoms with Crippen LogP contribution in [0, 0.1) is 0 Å². The van der Waals surface area contributed by atoms with Gasteiger partial charge in [0.05, 0.1) is 79.1 Å². The third-order valence-corrected chi connectivity index (χ3v) is 10.7. The number of aromatic amines is 2. The number of aromatic nitrogens is 8. The number of carbonyl (C=O) groups excluding carboxylic acids is 4. The molecule has 0 saturated heterocycles. The van der Waals surface area contributed by atoms with E-state index in [1.165, 1.54) is 81.1 Å². The van der Waals surface area contributed by atoms with E-state index in [0.29, 0.717) is 66.8 Å². The molecule has 2 aliphatic heterocycles. The van der Waals surface area contributed by atoms with Crippen LogP contribution in [0.1, 0.15) is 41.4 Å². The molecule has 2 N–H and O–H groups in total. The lowest BCUT2D eigenvalue weighted by Gasteiger charge is -2.09. The van der Waals surface area contributed by atoms with Crippen LogP contribution in [0.25, 0.3) is 89.7 Å². The molecule has 0 spiro atoms. The molecule has 0 aliphatic carbocycles. The number of carbonyl (C=O) groups is 4. The SMILES string of the molecule is COC(=O)c1cc2c3nc4nc(nc5[nH]c(nc6nc(nc([nH]3)c2cc1C(=O)OC)-c1cc(OC)c(OC)cc1-6)c1cc(C(=O)OC)c(C(=O)OC)cc51)-c1cc(OC)c(OC)cc1-4. The van der Waals surface area contributed by atoms with Crippen molar-refractivity contribution in [3.63, 3.8) is 0 Å². The Morgan fingerprint density at radius 3 is 0.750 bits per heavy atom. The van der Waals surface area contributed by atoms with Crippen LogP contribution in [-0.2, 0) is 18.9 Å². The van der Waals surface area contributed by atoms with Gasteiger partial charge in [-0.2, -0.15) is 0 Å². The molecule has 3 aromatic heterocycles. The number of hydrogen-bond acceptors (Lipinski definition) is 18. The maximum atomic E-state index is 13.2. The Hall–Kier alpha value is -8.68. The van der Waals surface area contributed by atoms with E-state index in [0.717, 1.165) is 0 Å². The van der Waals surface area contributed by atoms with E-state index >= 15 is 0 Å². The topological polar surface area (TPSA) is 251 Å². The highest BCUT2D eigenvalue weighted by molar-refractivity contribution is 6.15. The van der Waals surface area contributed by atoms with Gasteiger partial charge in [-0.15, -0.1) is 0 Å². The summed E-state index contributed by atoms with van der Waals surface area (Å²) in [5, 5.41) is 1.40. The number of hydrogen-bond donors (Lipinski definition) is 2. The summed E-state index contributed by atoms with van der Waals surface area (Å²) in [4.78, 5) is 89.0. The minimum Gasteiger partial charge on any atom is -0.493 e. The van der Waals surface area contributed by atoms with E-state index in [2.05, 4.69) is 9.97 Å². The van der Waals surface area contributed by atoms with Gasteiger partial charge in [0.2, 0.25) is 0 Å². The lowest BCUT2D eigenvalue weighted by molar-refractivity contribution is 0.0555. The van der Waals surface area contributed by atoms with Crippen molar-refractivity contribution in [2.75, 3.05) is 56.9 Å². The number of ether oxygens (including phenoxy) is 8. The summed E-state index contributed by atoms with van der Waals surface area (Å²) in [6, 6.07) is 12.6. The molecule has 7 aromatic rings. The summed E-state index contributed by atoms with van der Waals surface area (Å²) >= 11 is 0. The summed E-state index contributed by atoms with van der Waals surface area (Å²) in [6.07, 6.45) is 0. The van der Waals surface area contributed by atoms with Crippen molar-refractivity contribution in [2.24, 2.45) is 0 Å². The summed E-state index contributed by atoms with van der Waals surface area (Å²) in [5.74, 6) is -1.18. The van der Waals surface area contributed by atoms with Gasteiger partial charge >= 0.3 is 23.9 Å². The molecule has 0 saturated carbocycles. The number of rotatable bonds is 8. The highest BCUT2D eigenvalue weighted by Gasteiger charge is 2.29. The maximum Gasteiger partial charge on any atom is 0.338 e. The van der Waals surface area contributed by atoms with Gasteiger partial charge in [0.15, 0.2) is 46.3 Å². The number of benzene rings is 4. The van der Waals surface area contributed by atoms with Crippen LogP contribution in [0.4, 0.5) is 0 Å². The molecule has 0 radical (unpaired) electrons. The molecular weight excluding hydrogens is 833 g/mol. The van der Waals surface area contributed by atoms with E-state index in [1.54, 1.807) is 24.3 Å². The largest absolute Gasteiger partial charge is 0.493 e. The highest BCUT2D eigenvalue weighted by Crippen LogP contribution is 2.44. The molecule has 64 heavy (non-hydrogen) atoms. The van der Waals surface area contributed by atoms with Gasteiger partial charge in [0, 0.05) is 43.8 Å². The van der Waals surface area contributed by atoms with E-state index in [1.807, 2.05) is 0 Å². The molecule has 0 fully saturated rings. The van der Waals surface area contributed by atoms with Crippen LogP contribution in [-0.4, -0.2) is 121 Å². The predicted molar refractivity (Wildman–Crippen MR) is 228 cm³/mol. The van der Waals surface area contributed by atoms with Crippen molar-refractivity contribution in [3.05, 3.63) is 70.8 Å². The Labute approximate surface area is 360 Å². The Morgan fingerprint density at radius 2 is 0.562 bits per heavy atom. The van der Waals surface area contributed by atoms with Crippen LogP contribution in [0.15, 0.2) is 48.5 Å². The number of esters is 4. The van der Waals surface area contributed by atoms with Crippen LogP contribution >= 0.6 is 0 Å². The molecule has 0 amide bonds. The van der Waals surface area contributed by atoms with Crippen molar-refractivity contribution < 1.29 is 57.1 Å². The number of nitrogens with one attached hydrogen (secondary N) is 2. The van der Waals surface area contributed by atoms with Crippen molar-refractivity contribution in [3.8, 4) is 68.5 Å². The zero-order chi connectivity index (χ0) is 45.1. The second-order valence-electron chi connectivity index (χ2n) is 14.0. The fourth-order valence-corrected chi connectivity index (χ4v) is 7.65. The van der Waals surface area contributed by atoms with Crippen molar-refractivity contribution in [1.29, 1.82) is 0 Å². The van der Waals surface area contributed by atoms with E-state index in [4.69, 9.17) is 67.8 Å². The maximum absolute atomic E-state index is 13.2. The molecule has 4 aromatic carbocycles. The Balaban J connectivity index is 1.52. The molecule has 322 valence electrons. The molecule has 9 rings (SSSR count). The molecule has 5 heterocycles. The Bertz CT molecular complexity index is 2950. The van der Waals surface area contributed by atoms with Crippen molar-refractivity contribution in [2.45, 2.75) is 0 Å². The average Bonchev–Trinajstić information content (AvgIpc) is 4.05. The number of methoxy groups -OCH3 is 8. The fourth-order valence-electron chi connectivity index (χ4n) is 7.65. The summed E-state index contributed by atoms with van der Waals surface area (Å²) in [6.45, 7) is 0. The quantitative estimate of drug-likeness (QED) is 0.130. The summed E-state index contributed by atoms with van der Waals surface area (Å²) < 4.78 is 42.9. The molecular formula is C44H34N8O12. The van der Waals surface area contributed by atoms with Gasteiger partial charge in [0.1, 0.15) is 22.6 Å². The van der Waals surface area contributed by atoms with Crippen LogP contribution < -0.4 is 18.9 Å². The first kappa shape index (κ1) is 40.7. The summed E-state index contributed by atoms with van der Waals surface area (Å²) in [7, 11) is 10.7. The Kier molecular flexibility index (Phi) is 9.96. The van der Waals surface area contributed by atoms with Crippen molar-refractivity contribution >= 4 is 68.0 Å². The first-order valence-corrected chi connectivity index (χ1v) is 19.0. The molecule has 20 heteroatoms. The van der Waals surface area contributed by atoms with Crippen LogP contribution in [0.3, 0.4) is 0 Å². The fraction of sp³-hybridized carbons (Fsp3) is 0.182. The van der Waals surface area contributed by atoms with Gasteiger partial charge in [-0.25, -0.2) is 49.1 Å². The molecule has 0 unspecified atom stereocenters. The monoisotopic (exact) mass is 866 g/mol. The molecule has 0 atom stereocenters. The Morgan fingerprint density at radius 1 is 0.344 bits per heavy atom. The average molecular weight is 867 g/mol. The zero-order valence-corrected chi connectivity index (χ0v) is 35.2. The lowest BCUT2D eigenvalue weighted by atomic mass is 10.0. The van der Waals surface area contributed by atoms with E-state index in [-0.39, 0.29) is 68.1 Å². The zero-order valence-electron chi connectivity index (χ0n) is 35.2. The van der Waals surface area contributed by atoms with Crippen LogP contribution in [0.2, 0.25) is 0 Å². The third kappa shape index (κ3) is 6.37. The first-order valence-electron chi connectivity index (χ1n) is 19.0. The van der Waals surface area contributed by atoms with E-state index in [9.17, 15) is 19.2 Å². The normalized spacial score (nSPS) is 11.4. The number of H-pyrrole nitrogens is 2. The second-order valence-corrected chi connectivity index (χ2v) is 14.0. The van der Waals surface area contributed by atoms with Crippen molar-refractivity contribution in [1.82, 2.24) is 39.9 Å². The predicted octanol–water partition coefficient (Wildman–Crippen LogP) is 6.05. The number of fused-ring (bicyclic) bond motifs is 20. The summed E-state index contributed by atoms with van der Waals surface area (Å²) in [5.41, 5.74) is 2.21. The highest BCUT2D eigenvalue weighted by atomic mass is 16.5. The van der Waals surface area contributed by atoms with Gasteiger partial charge in [-0.1, -0.05) is 0 Å². The standard InChI is InChI=1S/C44H34N8O12/c1-57-29-13-21-22(14-30(29)58-2)38-48-34-19-11-27(43(55)63-7)28(44(56)64-8)12-20(19)36(46-34)50-40-24-16-32(60-4)31(59-3)15-23(24)39(52-40)49-35-18-10-26(42(54)62-6)25(41(53)61-5)9-17(18)33(45-35)47-37(21)51-38/h9-16H,1-8H3,(H2,45,46,47,48,49,50,51,52). The molecule has 2 aliphatic rings. The smallest absolute Gasteiger partial charge is 0.338 e.